The molecule has 1 saturated heterocycles. The number of nitrogens with zero attached hydrogens (tertiary/aromatic N) is 1. The number of hydrogen-bond acceptors (Lipinski definition) is 5. The first-order valence-electron chi connectivity index (χ1n) is 8.16. The summed E-state index contributed by atoms with van der Waals surface area (Å²) < 4.78 is 49.3. The minimum absolute atomic E-state index is 0.00882. The molecule has 0 amide bonds. The van der Waals surface area contributed by atoms with Crippen LogP contribution in [0, 0.1) is 0 Å². The molecule has 0 spiro atoms. The highest BCUT2D eigenvalue weighted by molar-refractivity contribution is 9.10. The van der Waals surface area contributed by atoms with Gasteiger partial charge >= 0.3 is 0 Å². The molecule has 1 atom stereocenters. The summed E-state index contributed by atoms with van der Waals surface area (Å²) in [4.78, 5) is 2.35. The van der Waals surface area contributed by atoms with Crippen LogP contribution < -0.4 is 0 Å². The van der Waals surface area contributed by atoms with E-state index in [4.69, 9.17) is 0 Å². The minimum Gasteiger partial charge on any atom is -0.298 e. The molecule has 1 aliphatic heterocycles. The lowest BCUT2D eigenvalue weighted by Gasteiger charge is -2.27. The summed E-state index contributed by atoms with van der Waals surface area (Å²) in [5, 5.41) is 0. The zero-order chi connectivity index (χ0) is 17.8. The molecule has 0 saturated carbocycles. The molecule has 1 heterocycles. The highest BCUT2D eigenvalue weighted by Crippen LogP contribution is 2.20. The molecule has 1 fully saturated rings. The highest BCUT2D eigenvalue weighted by atomic mass is 79.9. The van der Waals surface area contributed by atoms with E-state index in [2.05, 4.69) is 22.9 Å². The average Bonchev–Trinajstić information content (AvgIpc) is 2.88. The normalized spacial score (nSPS) is 20.5. The number of unbranched alkanes of at least 4 members (excludes halogenated alkanes) is 1. The van der Waals surface area contributed by atoms with E-state index in [1.54, 1.807) is 24.3 Å². The molecule has 0 N–H and O–H groups in total. The number of hydrogen-bond donors (Lipinski definition) is 0. The van der Waals surface area contributed by atoms with Crippen molar-refractivity contribution in [3.63, 3.8) is 0 Å². The van der Waals surface area contributed by atoms with Crippen LogP contribution in [0.25, 0.3) is 0 Å². The van der Waals surface area contributed by atoms with Gasteiger partial charge < -0.3 is 0 Å². The van der Waals surface area contributed by atoms with Gasteiger partial charge in [-0.25, -0.2) is 16.8 Å². The highest BCUT2D eigenvalue weighted by Gasteiger charge is 2.32. The van der Waals surface area contributed by atoms with E-state index in [9.17, 15) is 16.8 Å². The Morgan fingerprint density at radius 3 is 2.42 bits per heavy atom. The molecular weight excluding hydrogens is 414 g/mol. The lowest BCUT2D eigenvalue weighted by molar-refractivity contribution is 0.221. The summed E-state index contributed by atoms with van der Waals surface area (Å²) in [6.45, 7) is 3.19. The molecule has 0 radical (unpaired) electrons. The maximum atomic E-state index is 12.5. The summed E-state index contributed by atoms with van der Waals surface area (Å²) in [6.07, 6.45) is 2.54. The predicted octanol–water partition coefficient (Wildman–Crippen LogP) is 2.51. The maximum Gasteiger partial charge on any atom is 0.179 e. The second-order valence-corrected chi connectivity index (χ2v) is 11.5. The molecule has 1 unspecified atom stereocenters. The van der Waals surface area contributed by atoms with E-state index < -0.39 is 19.7 Å². The van der Waals surface area contributed by atoms with Crippen LogP contribution in [-0.4, -0.2) is 58.1 Å². The van der Waals surface area contributed by atoms with Crippen LogP contribution >= 0.6 is 15.9 Å². The van der Waals surface area contributed by atoms with Crippen LogP contribution in [0.5, 0.6) is 0 Å². The largest absolute Gasteiger partial charge is 0.298 e. The third-order valence-corrected chi connectivity index (χ3v) is 8.33. The Hall–Kier alpha value is -0.440. The number of sulfone groups is 2. The van der Waals surface area contributed by atoms with E-state index in [0.29, 0.717) is 17.9 Å². The molecule has 0 aromatic heterocycles. The van der Waals surface area contributed by atoms with Crippen molar-refractivity contribution in [1.29, 1.82) is 0 Å². The fourth-order valence-corrected chi connectivity index (χ4v) is 6.19. The second kappa shape index (κ2) is 8.29. The van der Waals surface area contributed by atoms with Gasteiger partial charge in [0.25, 0.3) is 0 Å². The molecule has 0 aliphatic carbocycles. The second-order valence-electron chi connectivity index (χ2n) is 6.22. The summed E-state index contributed by atoms with van der Waals surface area (Å²) >= 11 is 3.30. The molecule has 8 heteroatoms. The summed E-state index contributed by atoms with van der Waals surface area (Å²) in [5.74, 6) is 0.365. The Balaban J connectivity index is 2.05. The van der Waals surface area contributed by atoms with Crippen molar-refractivity contribution >= 4 is 35.6 Å². The van der Waals surface area contributed by atoms with Crippen LogP contribution in [0.3, 0.4) is 0 Å². The molecule has 1 aromatic carbocycles. The molecule has 136 valence electrons. The van der Waals surface area contributed by atoms with Crippen LogP contribution in [0.4, 0.5) is 0 Å². The standard InChI is InChI=1S/C16H24BrNO4S2/c1-2-3-9-18(15-8-11-23(19,20)13-15)10-12-24(21,22)16-6-4-14(17)5-7-16/h4-7,15H,2-3,8-13H2,1H3. The van der Waals surface area contributed by atoms with Gasteiger partial charge in [-0.3, -0.25) is 4.90 Å². The number of rotatable bonds is 8. The summed E-state index contributed by atoms with van der Waals surface area (Å²) in [6, 6.07) is 6.56. The number of benzene rings is 1. The van der Waals surface area contributed by atoms with Crippen LogP contribution in [0.15, 0.2) is 33.6 Å². The summed E-state index contributed by atoms with van der Waals surface area (Å²) in [5.41, 5.74) is 0. The predicted molar refractivity (Wildman–Crippen MR) is 99.7 cm³/mol. The lowest BCUT2D eigenvalue weighted by Crippen LogP contribution is -2.40. The van der Waals surface area contributed by atoms with Crippen molar-refractivity contribution in [2.45, 2.75) is 37.1 Å². The van der Waals surface area contributed by atoms with Crippen molar-refractivity contribution in [2.24, 2.45) is 0 Å². The number of halogens is 1. The molecule has 0 bridgehead atoms. The van der Waals surface area contributed by atoms with Gasteiger partial charge in [-0.05, 0) is 43.7 Å². The average molecular weight is 438 g/mol. The van der Waals surface area contributed by atoms with E-state index >= 15 is 0 Å². The van der Waals surface area contributed by atoms with Gasteiger partial charge in [0.1, 0.15) is 0 Å². The monoisotopic (exact) mass is 437 g/mol. The van der Waals surface area contributed by atoms with Crippen LogP contribution in [0.1, 0.15) is 26.2 Å². The van der Waals surface area contributed by atoms with E-state index in [0.717, 1.165) is 23.9 Å². The van der Waals surface area contributed by atoms with Crippen LogP contribution in [0.2, 0.25) is 0 Å². The Morgan fingerprint density at radius 2 is 1.88 bits per heavy atom. The maximum absolute atomic E-state index is 12.5. The van der Waals surface area contributed by atoms with Gasteiger partial charge in [-0.15, -0.1) is 0 Å². The fourth-order valence-electron chi connectivity index (χ4n) is 2.90. The SMILES string of the molecule is CCCCN(CCS(=O)(=O)c1ccc(Br)cc1)C1CCS(=O)(=O)C1. The first-order valence-corrected chi connectivity index (χ1v) is 12.4. The Kier molecular flexibility index (Phi) is 6.87. The molecular formula is C16H24BrNO4S2. The molecule has 5 nitrogen and oxygen atoms in total. The topological polar surface area (TPSA) is 71.5 Å². The van der Waals surface area contributed by atoms with Crippen LogP contribution in [-0.2, 0) is 19.7 Å². The van der Waals surface area contributed by atoms with E-state index in [1.807, 2.05) is 4.90 Å². The van der Waals surface area contributed by atoms with Crippen molar-refractivity contribution in [3.05, 3.63) is 28.7 Å². The van der Waals surface area contributed by atoms with Crippen molar-refractivity contribution < 1.29 is 16.8 Å². The van der Waals surface area contributed by atoms with Gasteiger partial charge in [0, 0.05) is 17.1 Å². The lowest BCUT2D eigenvalue weighted by atomic mass is 10.2. The molecule has 2 rings (SSSR count). The first kappa shape index (κ1) is 19.9. The Labute approximate surface area is 153 Å². The van der Waals surface area contributed by atoms with Gasteiger partial charge in [0.05, 0.1) is 22.2 Å². The zero-order valence-electron chi connectivity index (χ0n) is 13.8. The molecule has 24 heavy (non-hydrogen) atoms. The van der Waals surface area contributed by atoms with Gasteiger partial charge in [-0.1, -0.05) is 29.3 Å². The third-order valence-electron chi connectivity index (χ3n) is 4.34. The van der Waals surface area contributed by atoms with Crippen molar-refractivity contribution in [1.82, 2.24) is 4.90 Å². The van der Waals surface area contributed by atoms with Gasteiger partial charge in [0.15, 0.2) is 19.7 Å². The fraction of sp³-hybridized carbons (Fsp3) is 0.625. The Bertz CT molecular complexity index is 745. The summed E-state index contributed by atoms with van der Waals surface area (Å²) in [7, 11) is -6.34. The first-order chi connectivity index (χ1) is 11.2. The van der Waals surface area contributed by atoms with Crippen molar-refractivity contribution in [2.75, 3.05) is 30.3 Å². The molecule has 1 aliphatic rings. The quantitative estimate of drug-likeness (QED) is 0.624. The van der Waals surface area contributed by atoms with E-state index in [-0.39, 0.29) is 23.3 Å². The van der Waals surface area contributed by atoms with E-state index in [1.165, 1.54) is 0 Å². The Morgan fingerprint density at radius 1 is 1.21 bits per heavy atom. The minimum atomic E-state index is -3.37. The van der Waals surface area contributed by atoms with Gasteiger partial charge in [0.2, 0.25) is 0 Å². The van der Waals surface area contributed by atoms with Gasteiger partial charge in [-0.2, -0.15) is 0 Å². The third kappa shape index (κ3) is 5.54. The smallest absolute Gasteiger partial charge is 0.179 e. The molecule has 1 aromatic rings. The zero-order valence-corrected chi connectivity index (χ0v) is 17.0. The van der Waals surface area contributed by atoms with Crippen molar-refractivity contribution in [3.8, 4) is 0 Å².